The third kappa shape index (κ3) is 0.911. The second-order valence-electron chi connectivity index (χ2n) is 2.03. The second kappa shape index (κ2) is 1.78. The Hall–Kier alpha value is -0.110. The minimum absolute atomic E-state index is 0.125. The predicted octanol–water partition coefficient (Wildman–Crippen LogP) is 0.991. The van der Waals surface area contributed by atoms with E-state index in [2.05, 4.69) is 0 Å². The molecule has 7 heavy (non-hydrogen) atoms. The zero-order valence-corrected chi connectivity index (χ0v) is 4.36. The van der Waals surface area contributed by atoms with Crippen LogP contribution in [0, 0.1) is 5.92 Å². The summed E-state index contributed by atoms with van der Waals surface area (Å²) in [5, 5.41) is 0. The monoisotopic (exact) mass is 104 g/mol. The molecule has 1 nitrogen and oxygen atoms in total. The van der Waals surface area contributed by atoms with Crippen LogP contribution in [0.1, 0.15) is 6.92 Å². The van der Waals surface area contributed by atoms with E-state index in [0.717, 1.165) is 0 Å². The van der Waals surface area contributed by atoms with Crippen LogP contribution in [0.5, 0.6) is 0 Å². The van der Waals surface area contributed by atoms with Gasteiger partial charge >= 0.3 is 0 Å². The van der Waals surface area contributed by atoms with Gasteiger partial charge in [-0.15, -0.1) is 0 Å². The number of ether oxygens (including phenoxy) is 1. The first-order chi connectivity index (χ1) is 3.30. The molecule has 0 aromatic rings. The van der Waals surface area contributed by atoms with Crippen LogP contribution in [-0.4, -0.2) is 19.4 Å². The lowest BCUT2D eigenvalue weighted by molar-refractivity contribution is 0.172. The van der Waals surface area contributed by atoms with Crippen molar-refractivity contribution in [1.29, 1.82) is 0 Å². The molecule has 0 amide bonds. The van der Waals surface area contributed by atoms with Crippen molar-refractivity contribution in [2.24, 2.45) is 5.92 Å². The number of hydrogen-bond acceptors (Lipinski definition) is 1. The number of hydrogen-bond donors (Lipinski definition) is 0. The highest BCUT2D eigenvalue weighted by molar-refractivity contribution is 4.68. The van der Waals surface area contributed by atoms with Crippen LogP contribution in [0.15, 0.2) is 0 Å². The van der Waals surface area contributed by atoms with Crippen LogP contribution >= 0.6 is 0 Å². The fraction of sp³-hybridized carbons (Fsp3) is 1.00. The lowest BCUT2D eigenvalue weighted by Gasteiger charge is -1.97. The summed E-state index contributed by atoms with van der Waals surface area (Å²) in [6, 6.07) is 0. The molecule has 1 rings (SSSR count). The van der Waals surface area contributed by atoms with Crippen LogP contribution in [0.25, 0.3) is 0 Å². The maximum absolute atomic E-state index is 12.2. The Bertz CT molecular complexity index is 57.1. The standard InChI is InChI=1S/C5H9FO/c1-4-2-7-3-5(4)6/h4-5H,2-3H2,1H3/t4-,5?/m1/s1. The average molecular weight is 104 g/mol. The van der Waals surface area contributed by atoms with Gasteiger partial charge in [0.05, 0.1) is 13.2 Å². The van der Waals surface area contributed by atoms with Crippen molar-refractivity contribution in [1.82, 2.24) is 0 Å². The molecule has 42 valence electrons. The Labute approximate surface area is 42.5 Å². The first-order valence-electron chi connectivity index (χ1n) is 2.52. The van der Waals surface area contributed by atoms with Crippen LogP contribution in [0.2, 0.25) is 0 Å². The van der Waals surface area contributed by atoms with E-state index in [4.69, 9.17) is 4.74 Å². The van der Waals surface area contributed by atoms with Crippen molar-refractivity contribution >= 4 is 0 Å². The molecule has 2 atom stereocenters. The Kier molecular flexibility index (Phi) is 1.28. The van der Waals surface area contributed by atoms with E-state index in [9.17, 15) is 4.39 Å². The van der Waals surface area contributed by atoms with Crippen molar-refractivity contribution < 1.29 is 9.13 Å². The molecule has 0 aliphatic carbocycles. The molecule has 1 heterocycles. The molecular formula is C5H9FO. The number of halogens is 1. The molecule has 0 N–H and O–H groups in total. The van der Waals surface area contributed by atoms with E-state index < -0.39 is 6.17 Å². The fourth-order valence-corrected chi connectivity index (χ4v) is 0.635. The maximum atomic E-state index is 12.2. The second-order valence-corrected chi connectivity index (χ2v) is 2.03. The lowest BCUT2D eigenvalue weighted by Crippen LogP contribution is -2.07. The molecule has 0 bridgehead atoms. The quantitative estimate of drug-likeness (QED) is 0.445. The highest BCUT2D eigenvalue weighted by Gasteiger charge is 2.22. The van der Waals surface area contributed by atoms with Crippen molar-refractivity contribution in [3.8, 4) is 0 Å². The van der Waals surface area contributed by atoms with Gasteiger partial charge in [-0.3, -0.25) is 0 Å². The Balaban J connectivity index is 2.33. The first kappa shape index (κ1) is 5.04. The van der Waals surface area contributed by atoms with Gasteiger partial charge in [0.15, 0.2) is 0 Å². The molecule has 1 fully saturated rings. The van der Waals surface area contributed by atoms with Gasteiger partial charge in [0, 0.05) is 5.92 Å². The SMILES string of the molecule is C[C@@H]1COCC1F. The summed E-state index contributed by atoms with van der Waals surface area (Å²) in [4.78, 5) is 0. The lowest BCUT2D eigenvalue weighted by atomic mass is 10.1. The van der Waals surface area contributed by atoms with Crippen molar-refractivity contribution in [3.05, 3.63) is 0 Å². The van der Waals surface area contributed by atoms with E-state index in [0.29, 0.717) is 13.2 Å². The van der Waals surface area contributed by atoms with E-state index >= 15 is 0 Å². The molecule has 0 aromatic carbocycles. The van der Waals surface area contributed by atoms with Crippen LogP contribution < -0.4 is 0 Å². The largest absolute Gasteiger partial charge is 0.378 e. The maximum Gasteiger partial charge on any atom is 0.128 e. The minimum Gasteiger partial charge on any atom is -0.378 e. The van der Waals surface area contributed by atoms with Gasteiger partial charge in [-0.2, -0.15) is 0 Å². The van der Waals surface area contributed by atoms with E-state index in [-0.39, 0.29) is 5.92 Å². The molecule has 1 unspecified atom stereocenters. The smallest absolute Gasteiger partial charge is 0.128 e. The highest BCUT2D eigenvalue weighted by Crippen LogP contribution is 2.14. The predicted molar refractivity (Wildman–Crippen MR) is 24.9 cm³/mol. The Morgan fingerprint density at radius 3 is 2.43 bits per heavy atom. The first-order valence-corrected chi connectivity index (χ1v) is 2.52. The molecule has 2 heteroatoms. The molecule has 0 saturated carbocycles. The average Bonchev–Trinajstić information content (AvgIpc) is 1.91. The molecular weight excluding hydrogens is 95.1 g/mol. The summed E-state index contributed by atoms with van der Waals surface area (Å²) in [7, 11) is 0. The molecule has 1 aliphatic rings. The number of alkyl halides is 1. The van der Waals surface area contributed by atoms with Gasteiger partial charge in [-0.25, -0.2) is 4.39 Å². The summed E-state index contributed by atoms with van der Waals surface area (Å²) in [6.07, 6.45) is -0.708. The van der Waals surface area contributed by atoms with Crippen LogP contribution in [0.4, 0.5) is 4.39 Å². The van der Waals surface area contributed by atoms with E-state index in [1.54, 1.807) is 0 Å². The fourth-order valence-electron chi connectivity index (χ4n) is 0.635. The topological polar surface area (TPSA) is 9.23 Å². The van der Waals surface area contributed by atoms with Crippen molar-refractivity contribution in [3.63, 3.8) is 0 Å². The molecule has 0 aromatic heterocycles. The normalized spacial score (nSPS) is 42.0. The number of rotatable bonds is 0. The van der Waals surface area contributed by atoms with Gasteiger partial charge in [0.2, 0.25) is 0 Å². The Morgan fingerprint density at radius 2 is 2.29 bits per heavy atom. The summed E-state index contributed by atoms with van der Waals surface area (Å²) in [6.45, 7) is 2.76. The minimum atomic E-state index is -0.708. The molecule has 0 radical (unpaired) electrons. The zero-order chi connectivity index (χ0) is 5.28. The van der Waals surface area contributed by atoms with Gasteiger partial charge in [-0.1, -0.05) is 6.92 Å². The Morgan fingerprint density at radius 1 is 1.57 bits per heavy atom. The van der Waals surface area contributed by atoms with Gasteiger partial charge in [0.1, 0.15) is 6.17 Å². The third-order valence-electron chi connectivity index (χ3n) is 1.28. The van der Waals surface area contributed by atoms with Crippen molar-refractivity contribution in [2.45, 2.75) is 13.1 Å². The zero-order valence-electron chi connectivity index (χ0n) is 4.36. The van der Waals surface area contributed by atoms with Gasteiger partial charge in [-0.05, 0) is 0 Å². The summed E-state index contributed by atoms with van der Waals surface area (Å²) in [5.41, 5.74) is 0. The van der Waals surface area contributed by atoms with E-state index in [1.165, 1.54) is 0 Å². The third-order valence-corrected chi connectivity index (χ3v) is 1.28. The van der Waals surface area contributed by atoms with Crippen LogP contribution in [0.3, 0.4) is 0 Å². The van der Waals surface area contributed by atoms with Gasteiger partial charge in [0.25, 0.3) is 0 Å². The molecule has 0 spiro atoms. The summed E-state index contributed by atoms with van der Waals surface area (Å²) in [5.74, 6) is 0.125. The van der Waals surface area contributed by atoms with E-state index in [1.807, 2.05) is 6.92 Å². The van der Waals surface area contributed by atoms with Gasteiger partial charge < -0.3 is 4.74 Å². The summed E-state index contributed by atoms with van der Waals surface area (Å²) >= 11 is 0. The summed E-state index contributed by atoms with van der Waals surface area (Å²) < 4.78 is 17.0. The van der Waals surface area contributed by atoms with Crippen molar-refractivity contribution in [2.75, 3.05) is 13.2 Å². The highest BCUT2D eigenvalue weighted by atomic mass is 19.1. The molecule has 1 aliphatic heterocycles. The molecule has 1 saturated heterocycles. The van der Waals surface area contributed by atoms with Crippen LogP contribution in [-0.2, 0) is 4.74 Å².